The number of nitrogens with zero attached hydrogens (tertiary/aromatic N) is 2. The van der Waals surface area contributed by atoms with Crippen LogP contribution in [0.25, 0.3) is 0 Å². The van der Waals surface area contributed by atoms with E-state index in [1.54, 1.807) is 7.11 Å². The highest BCUT2D eigenvalue weighted by Crippen LogP contribution is 2.24. The number of ether oxygens (including phenoxy) is 1. The molecule has 2 aromatic rings. The van der Waals surface area contributed by atoms with Crippen LogP contribution in [0.15, 0.2) is 53.7 Å². The van der Waals surface area contributed by atoms with E-state index in [1.807, 2.05) is 67.3 Å². The molecule has 0 bridgehead atoms. The number of oxime groups is 1. The maximum absolute atomic E-state index is 12.9. The lowest BCUT2D eigenvalue weighted by molar-refractivity contribution is -0.134. The van der Waals surface area contributed by atoms with Crippen LogP contribution in [0.5, 0.6) is 5.75 Å². The Bertz CT molecular complexity index is 882. The van der Waals surface area contributed by atoms with Gasteiger partial charge in [0.15, 0.2) is 6.10 Å². The first-order valence-electron chi connectivity index (χ1n) is 9.84. The first kappa shape index (κ1) is 21.2. The van der Waals surface area contributed by atoms with Crippen LogP contribution in [-0.2, 0) is 16.2 Å². The highest BCUT2D eigenvalue weighted by atomic mass is 35.5. The third-order valence-corrected chi connectivity index (χ3v) is 5.11. The van der Waals surface area contributed by atoms with E-state index in [0.717, 1.165) is 22.6 Å². The minimum atomic E-state index is -0.192. The molecule has 0 radical (unpaired) electrons. The minimum absolute atomic E-state index is 0.109. The Morgan fingerprint density at radius 2 is 2.07 bits per heavy atom. The van der Waals surface area contributed by atoms with Gasteiger partial charge in [0.2, 0.25) is 5.91 Å². The molecule has 154 valence electrons. The van der Waals surface area contributed by atoms with Gasteiger partial charge in [-0.05, 0) is 29.7 Å². The largest absolute Gasteiger partial charge is 0.497 e. The molecule has 0 saturated carbocycles. The van der Waals surface area contributed by atoms with Crippen molar-refractivity contribution in [3.63, 3.8) is 0 Å². The van der Waals surface area contributed by atoms with Crippen LogP contribution in [0, 0.1) is 5.92 Å². The van der Waals surface area contributed by atoms with E-state index in [2.05, 4.69) is 5.16 Å². The number of rotatable bonds is 8. The van der Waals surface area contributed by atoms with Crippen molar-refractivity contribution in [2.24, 2.45) is 11.1 Å². The van der Waals surface area contributed by atoms with Crippen molar-refractivity contribution in [2.45, 2.75) is 39.3 Å². The monoisotopic (exact) mass is 414 g/mol. The Balaban J connectivity index is 1.70. The SMILES string of the molecule is COc1cccc(CN(CC2CC(c3ccccc3Cl)=NO2)C(=O)CC(C)C)c1. The lowest BCUT2D eigenvalue weighted by atomic mass is 10.0. The Kier molecular flexibility index (Phi) is 7.15. The summed E-state index contributed by atoms with van der Waals surface area (Å²) >= 11 is 6.29. The summed E-state index contributed by atoms with van der Waals surface area (Å²) in [4.78, 5) is 20.4. The van der Waals surface area contributed by atoms with E-state index in [9.17, 15) is 4.79 Å². The number of methoxy groups -OCH3 is 1. The van der Waals surface area contributed by atoms with Crippen molar-refractivity contribution < 1.29 is 14.4 Å². The fourth-order valence-corrected chi connectivity index (χ4v) is 3.60. The van der Waals surface area contributed by atoms with E-state index < -0.39 is 0 Å². The molecule has 6 heteroatoms. The van der Waals surface area contributed by atoms with Gasteiger partial charge in [0, 0.05) is 30.0 Å². The summed E-state index contributed by atoms with van der Waals surface area (Å²) in [5.74, 6) is 1.17. The zero-order chi connectivity index (χ0) is 20.8. The Labute approximate surface area is 177 Å². The van der Waals surface area contributed by atoms with Gasteiger partial charge in [0.05, 0.1) is 19.4 Å². The molecule has 1 heterocycles. The van der Waals surface area contributed by atoms with Crippen LogP contribution in [0.1, 0.15) is 37.8 Å². The zero-order valence-corrected chi connectivity index (χ0v) is 17.9. The van der Waals surface area contributed by atoms with Gasteiger partial charge < -0.3 is 14.5 Å². The number of amides is 1. The van der Waals surface area contributed by atoms with Gasteiger partial charge in [-0.15, -0.1) is 0 Å². The van der Waals surface area contributed by atoms with Crippen molar-refractivity contribution in [2.75, 3.05) is 13.7 Å². The number of hydrogen-bond acceptors (Lipinski definition) is 4. The van der Waals surface area contributed by atoms with Crippen molar-refractivity contribution >= 4 is 23.2 Å². The summed E-state index contributed by atoms with van der Waals surface area (Å²) in [7, 11) is 1.64. The van der Waals surface area contributed by atoms with Gasteiger partial charge >= 0.3 is 0 Å². The van der Waals surface area contributed by atoms with Gasteiger partial charge in [-0.1, -0.05) is 60.9 Å². The highest BCUT2D eigenvalue weighted by Gasteiger charge is 2.28. The van der Waals surface area contributed by atoms with Crippen LogP contribution >= 0.6 is 11.6 Å². The second kappa shape index (κ2) is 9.79. The Morgan fingerprint density at radius 1 is 1.28 bits per heavy atom. The van der Waals surface area contributed by atoms with Gasteiger partial charge in [-0.3, -0.25) is 4.79 Å². The van der Waals surface area contributed by atoms with Crippen molar-refractivity contribution in [1.82, 2.24) is 4.90 Å². The average molecular weight is 415 g/mol. The molecule has 2 aromatic carbocycles. The Morgan fingerprint density at radius 3 is 2.79 bits per heavy atom. The number of benzene rings is 2. The summed E-state index contributed by atoms with van der Waals surface area (Å²) < 4.78 is 5.31. The molecule has 1 aliphatic rings. The van der Waals surface area contributed by atoms with E-state index >= 15 is 0 Å². The molecule has 1 amide bonds. The minimum Gasteiger partial charge on any atom is -0.497 e. The highest BCUT2D eigenvalue weighted by molar-refractivity contribution is 6.34. The number of hydrogen-bond donors (Lipinski definition) is 0. The predicted octanol–water partition coefficient (Wildman–Crippen LogP) is 4.92. The van der Waals surface area contributed by atoms with Gasteiger partial charge in [0.1, 0.15) is 5.75 Å². The standard InChI is InChI=1S/C23H27ClN2O3/c1-16(2)11-23(27)26(14-17-7-6-8-18(12-17)28-3)15-19-13-22(25-29-19)20-9-4-5-10-21(20)24/h4-10,12,16,19H,11,13-15H2,1-3H3. The maximum atomic E-state index is 12.9. The van der Waals surface area contributed by atoms with Gasteiger partial charge in [0.25, 0.3) is 0 Å². The second-order valence-corrected chi connectivity index (χ2v) is 8.08. The van der Waals surface area contributed by atoms with Crippen molar-refractivity contribution in [3.8, 4) is 5.75 Å². The lowest BCUT2D eigenvalue weighted by Gasteiger charge is -2.26. The maximum Gasteiger partial charge on any atom is 0.223 e. The van der Waals surface area contributed by atoms with Crippen molar-refractivity contribution in [3.05, 3.63) is 64.7 Å². The number of carbonyl (C=O) groups excluding carboxylic acids is 1. The van der Waals surface area contributed by atoms with Crippen LogP contribution in [0.4, 0.5) is 0 Å². The fraction of sp³-hybridized carbons (Fsp3) is 0.391. The van der Waals surface area contributed by atoms with Gasteiger partial charge in [-0.25, -0.2) is 0 Å². The van der Waals surface area contributed by atoms with Crippen LogP contribution in [-0.4, -0.2) is 36.3 Å². The zero-order valence-electron chi connectivity index (χ0n) is 17.1. The van der Waals surface area contributed by atoms with E-state index in [0.29, 0.717) is 31.0 Å². The molecule has 29 heavy (non-hydrogen) atoms. The smallest absolute Gasteiger partial charge is 0.223 e. The second-order valence-electron chi connectivity index (χ2n) is 7.67. The quantitative estimate of drug-likeness (QED) is 0.616. The summed E-state index contributed by atoms with van der Waals surface area (Å²) in [6.45, 7) is 5.07. The molecule has 0 saturated heterocycles. The first-order chi connectivity index (χ1) is 14.0. The molecular formula is C23H27ClN2O3. The molecule has 5 nitrogen and oxygen atoms in total. The van der Waals surface area contributed by atoms with Crippen LogP contribution < -0.4 is 4.74 Å². The molecule has 1 unspecified atom stereocenters. The number of carbonyl (C=O) groups is 1. The van der Waals surface area contributed by atoms with Crippen LogP contribution in [0.2, 0.25) is 5.02 Å². The summed E-state index contributed by atoms with van der Waals surface area (Å²) in [6, 6.07) is 15.4. The molecule has 1 atom stereocenters. The Hall–Kier alpha value is -2.53. The van der Waals surface area contributed by atoms with E-state index in [-0.39, 0.29) is 17.9 Å². The molecule has 3 rings (SSSR count). The van der Waals surface area contributed by atoms with Crippen LogP contribution in [0.3, 0.4) is 0 Å². The third-order valence-electron chi connectivity index (χ3n) is 4.78. The molecule has 0 fully saturated rings. The summed E-state index contributed by atoms with van der Waals surface area (Å²) in [5, 5.41) is 4.88. The lowest BCUT2D eigenvalue weighted by Crippen LogP contribution is -2.37. The fourth-order valence-electron chi connectivity index (χ4n) is 3.35. The number of halogens is 1. The van der Waals surface area contributed by atoms with E-state index in [4.69, 9.17) is 21.2 Å². The van der Waals surface area contributed by atoms with Crippen molar-refractivity contribution in [1.29, 1.82) is 0 Å². The third kappa shape index (κ3) is 5.73. The average Bonchev–Trinajstić information content (AvgIpc) is 3.16. The van der Waals surface area contributed by atoms with Gasteiger partial charge in [-0.2, -0.15) is 0 Å². The molecule has 1 aliphatic heterocycles. The summed E-state index contributed by atoms with van der Waals surface area (Å²) in [5.41, 5.74) is 2.72. The molecule has 0 spiro atoms. The molecule has 0 N–H and O–H groups in total. The summed E-state index contributed by atoms with van der Waals surface area (Å²) in [6.07, 6.45) is 0.922. The first-order valence-corrected chi connectivity index (χ1v) is 10.2. The normalized spacial score (nSPS) is 15.8. The van der Waals surface area contributed by atoms with E-state index in [1.165, 1.54) is 0 Å². The predicted molar refractivity (Wildman–Crippen MR) is 115 cm³/mol. The molecule has 0 aromatic heterocycles. The molecule has 0 aliphatic carbocycles. The molecular weight excluding hydrogens is 388 g/mol. The topological polar surface area (TPSA) is 51.1 Å².